The SMILES string of the molecule is C=C(C)c1ccc(CC(C)(F)F)cc1. The lowest BCUT2D eigenvalue weighted by Gasteiger charge is -2.10. The molecular formula is C12H14F2. The van der Waals surface area contributed by atoms with Crippen molar-refractivity contribution in [3.8, 4) is 0 Å². The zero-order chi connectivity index (χ0) is 10.8. The summed E-state index contributed by atoms with van der Waals surface area (Å²) in [5.74, 6) is -2.63. The zero-order valence-electron chi connectivity index (χ0n) is 8.48. The molecule has 0 fully saturated rings. The molecule has 0 saturated heterocycles. The summed E-state index contributed by atoms with van der Waals surface area (Å²) >= 11 is 0. The van der Waals surface area contributed by atoms with Crippen molar-refractivity contribution in [2.45, 2.75) is 26.2 Å². The van der Waals surface area contributed by atoms with Gasteiger partial charge >= 0.3 is 0 Å². The first-order valence-corrected chi connectivity index (χ1v) is 4.51. The Morgan fingerprint density at radius 3 is 2.14 bits per heavy atom. The van der Waals surface area contributed by atoms with E-state index in [-0.39, 0.29) is 6.42 Å². The summed E-state index contributed by atoms with van der Waals surface area (Å²) in [5.41, 5.74) is 2.59. The van der Waals surface area contributed by atoms with Crippen LogP contribution in [-0.2, 0) is 6.42 Å². The van der Waals surface area contributed by atoms with Gasteiger partial charge < -0.3 is 0 Å². The van der Waals surface area contributed by atoms with Gasteiger partial charge in [0.1, 0.15) is 0 Å². The molecule has 0 amide bonds. The minimum absolute atomic E-state index is 0.205. The minimum Gasteiger partial charge on any atom is -0.207 e. The molecule has 0 bridgehead atoms. The Labute approximate surface area is 83.3 Å². The lowest BCUT2D eigenvalue weighted by molar-refractivity contribution is 0.0226. The minimum atomic E-state index is -2.63. The number of benzene rings is 1. The van der Waals surface area contributed by atoms with Crippen LogP contribution in [0, 0.1) is 0 Å². The number of hydrogen-bond donors (Lipinski definition) is 0. The fourth-order valence-corrected chi connectivity index (χ4v) is 1.27. The largest absolute Gasteiger partial charge is 0.249 e. The lowest BCUT2D eigenvalue weighted by atomic mass is 10.0. The van der Waals surface area contributed by atoms with Gasteiger partial charge in [-0.3, -0.25) is 0 Å². The molecule has 1 aromatic rings. The van der Waals surface area contributed by atoms with E-state index < -0.39 is 5.92 Å². The fourth-order valence-electron chi connectivity index (χ4n) is 1.27. The van der Waals surface area contributed by atoms with E-state index in [1.807, 2.05) is 19.1 Å². The maximum atomic E-state index is 12.6. The molecule has 1 rings (SSSR count). The molecule has 1 aromatic carbocycles. The van der Waals surface area contributed by atoms with Gasteiger partial charge in [-0.25, -0.2) is 8.78 Å². The average Bonchev–Trinajstić information content (AvgIpc) is 2.02. The van der Waals surface area contributed by atoms with E-state index in [1.54, 1.807) is 12.1 Å². The van der Waals surface area contributed by atoms with Crippen LogP contribution in [0.15, 0.2) is 30.8 Å². The highest BCUT2D eigenvalue weighted by molar-refractivity contribution is 5.61. The Morgan fingerprint density at radius 2 is 1.79 bits per heavy atom. The summed E-state index contributed by atoms with van der Waals surface area (Å²) < 4.78 is 25.3. The molecule has 14 heavy (non-hydrogen) atoms. The monoisotopic (exact) mass is 196 g/mol. The molecule has 0 aliphatic carbocycles. The predicted molar refractivity (Wildman–Crippen MR) is 55.5 cm³/mol. The third kappa shape index (κ3) is 3.29. The summed E-state index contributed by atoms with van der Waals surface area (Å²) in [6, 6.07) is 7.09. The fraction of sp³-hybridized carbons (Fsp3) is 0.333. The number of rotatable bonds is 3. The van der Waals surface area contributed by atoms with Crippen molar-refractivity contribution in [1.82, 2.24) is 0 Å². The van der Waals surface area contributed by atoms with Crippen molar-refractivity contribution in [3.05, 3.63) is 42.0 Å². The first-order valence-electron chi connectivity index (χ1n) is 4.51. The van der Waals surface area contributed by atoms with Crippen LogP contribution in [0.5, 0.6) is 0 Å². The molecule has 0 spiro atoms. The zero-order valence-corrected chi connectivity index (χ0v) is 8.48. The second-order valence-corrected chi connectivity index (χ2v) is 3.72. The third-order valence-electron chi connectivity index (χ3n) is 1.96. The standard InChI is InChI=1S/C12H14F2/c1-9(2)11-6-4-10(5-7-11)8-12(3,13)14/h4-7H,1,8H2,2-3H3. The molecule has 0 aromatic heterocycles. The molecule has 0 heterocycles. The van der Waals surface area contributed by atoms with E-state index in [1.165, 1.54) is 0 Å². The molecule has 0 atom stereocenters. The quantitative estimate of drug-likeness (QED) is 0.687. The molecule has 0 radical (unpaired) electrons. The Kier molecular flexibility index (Phi) is 3.04. The van der Waals surface area contributed by atoms with Crippen LogP contribution >= 0.6 is 0 Å². The smallest absolute Gasteiger partial charge is 0.207 e. The number of hydrogen-bond acceptors (Lipinski definition) is 0. The summed E-state index contributed by atoms with van der Waals surface area (Å²) in [5, 5.41) is 0. The highest BCUT2D eigenvalue weighted by Gasteiger charge is 2.21. The average molecular weight is 196 g/mol. The second kappa shape index (κ2) is 3.91. The Hall–Kier alpha value is -1.18. The van der Waals surface area contributed by atoms with E-state index in [0.717, 1.165) is 18.1 Å². The van der Waals surface area contributed by atoms with Gasteiger partial charge in [0.05, 0.1) is 0 Å². The van der Waals surface area contributed by atoms with E-state index in [2.05, 4.69) is 6.58 Å². The topological polar surface area (TPSA) is 0 Å². The summed E-state index contributed by atoms with van der Waals surface area (Å²) in [4.78, 5) is 0. The van der Waals surface area contributed by atoms with Crippen LogP contribution in [0.25, 0.3) is 5.57 Å². The third-order valence-corrected chi connectivity index (χ3v) is 1.96. The molecule has 0 saturated carbocycles. The van der Waals surface area contributed by atoms with Gasteiger partial charge in [0.2, 0.25) is 5.92 Å². The van der Waals surface area contributed by atoms with E-state index >= 15 is 0 Å². The van der Waals surface area contributed by atoms with Crippen LogP contribution in [0.3, 0.4) is 0 Å². The lowest BCUT2D eigenvalue weighted by Crippen LogP contribution is -2.13. The second-order valence-electron chi connectivity index (χ2n) is 3.72. The maximum absolute atomic E-state index is 12.6. The van der Waals surface area contributed by atoms with Gasteiger partial charge in [0.15, 0.2) is 0 Å². The predicted octanol–water partition coefficient (Wildman–Crippen LogP) is 3.92. The molecule has 0 aliphatic heterocycles. The summed E-state index contributed by atoms with van der Waals surface area (Å²) in [6.07, 6.45) is -0.205. The molecule has 0 N–H and O–H groups in total. The van der Waals surface area contributed by atoms with Crippen LogP contribution < -0.4 is 0 Å². The number of allylic oxidation sites excluding steroid dienone is 1. The Morgan fingerprint density at radius 1 is 1.29 bits per heavy atom. The van der Waals surface area contributed by atoms with Gasteiger partial charge in [-0.1, -0.05) is 36.4 Å². The first kappa shape index (κ1) is 10.9. The molecular weight excluding hydrogens is 182 g/mol. The van der Waals surface area contributed by atoms with Crippen molar-refractivity contribution in [3.63, 3.8) is 0 Å². The van der Waals surface area contributed by atoms with Gasteiger partial charge in [-0.2, -0.15) is 0 Å². The Balaban J connectivity index is 2.79. The highest BCUT2D eigenvalue weighted by Crippen LogP contribution is 2.20. The van der Waals surface area contributed by atoms with E-state index in [4.69, 9.17) is 0 Å². The first-order chi connectivity index (χ1) is 6.38. The Bertz CT molecular complexity index is 317. The summed E-state index contributed by atoms with van der Waals surface area (Å²) in [6.45, 7) is 6.60. The maximum Gasteiger partial charge on any atom is 0.249 e. The number of alkyl halides is 2. The molecule has 0 nitrogen and oxygen atoms in total. The van der Waals surface area contributed by atoms with Crippen LogP contribution in [0.2, 0.25) is 0 Å². The van der Waals surface area contributed by atoms with Gasteiger partial charge in [-0.05, 0) is 25.0 Å². The summed E-state index contributed by atoms with van der Waals surface area (Å²) in [7, 11) is 0. The van der Waals surface area contributed by atoms with Crippen molar-refractivity contribution < 1.29 is 8.78 Å². The van der Waals surface area contributed by atoms with Crippen LogP contribution in [0.1, 0.15) is 25.0 Å². The molecule has 0 aliphatic rings. The van der Waals surface area contributed by atoms with Crippen molar-refractivity contribution >= 4 is 5.57 Å². The van der Waals surface area contributed by atoms with Gasteiger partial charge in [0, 0.05) is 6.42 Å². The van der Waals surface area contributed by atoms with E-state index in [9.17, 15) is 8.78 Å². The van der Waals surface area contributed by atoms with Crippen molar-refractivity contribution in [2.75, 3.05) is 0 Å². The normalized spacial score (nSPS) is 11.4. The van der Waals surface area contributed by atoms with Crippen molar-refractivity contribution in [1.29, 1.82) is 0 Å². The van der Waals surface area contributed by atoms with Crippen molar-refractivity contribution in [2.24, 2.45) is 0 Å². The van der Waals surface area contributed by atoms with Crippen LogP contribution in [-0.4, -0.2) is 5.92 Å². The van der Waals surface area contributed by atoms with E-state index in [0.29, 0.717) is 5.56 Å². The molecule has 2 heteroatoms. The van der Waals surface area contributed by atoms with Crippen LogP contribution in [0.4, 0.5) is 8.78 Å². The highest BCUT2D eigenvalue weighted by atomic mass is 19.3. The molecule has 0 unspecified atom stereocenters. The van der Waals surface area contributed by atoms with Gasteiger partial charge in [0.25, 0.3) is 0 Å². The molecule has 76 valence electrons. The number of halogens is 2. The van der Waals surface area contributed by atoms with Gasteiger partial charge in [-0.15, -0.1) is 0 Å².